The van der Waals surface area contributed by atoms with Crippen LogP contribution in [0.1, 0.15) is 68.9 Å². The summed E-state index contributed by atoms with van der Waals surface area (Å²) in [5.41, 5.74) is 1.95. The van der Waals surface area contributed by atoms with E-state index < -0.39 is 0 Å². The molecule has 1 atom stereocenters. The van der Waals surface area contributed by atoms with Crippen LogP contribution in [0.2, 0.25) is 0 Å². The van der Waals surface area contributed by atoms with Crippen LogP contribution >= 0.6 is 0 Å². The van der Waals surface area contributed by atoms with E-state index in [-0.39, 0.29) is 17.6 Å². The third-order valence-electron chi connectivity index (χ3n) is 5.67. The van der Waals surface area contributed by atoms with Gasteiger partial charge in [-0.3, -0.25) is 9.36 Å². The molecular weight excluding hydrogens is 340 g/mol. The van der Waals surface area contributed by atoms with Crippen molar-refractivity contribution >= 4 is 0 Å². The summed E-state index contributed by atoms with van der Waals surface area (Å²) in [6.07, 6.45) is 8.42. The molecule has 144 valence electrons. The van der Waals surface area contributed by atoms with Crippen LogP contribution < -0.4 is 15.0 Å². The summed E-state index contributed by atoms with van der Waals surface area (Å²) in [4.78, 5) is 16.1. The van der Waals surface area contributed by atoms with Crippen LogP contribution in [0.3, 0.4) is 0 Å². The van der Waals surface area contributed by atoms with Crippen LogP contribution in [-0.2, 0) is 6.54 Å². The van der Waals surface area contributed by atoms with Crippen molar-refractivity contribution in [3.63, 3.8) is 0 Å². The molecule has 2 aliphatic rings. The van der Waals surface area contributed by atoms with Gasteiger partial charge < -0.3 is 9.47 Å². The minimum atomic E-state index is -0.198. The van der Waals surface area contributed by atoms with Gasteiger partial charge in [-0.25, -0.2) is 0 Å². The van der Waals surface area contributed by atoms with Crippen molar-refractivity contribution in [2.45, 2.75) is 70.4 Å². The van der Waals surface area contributed by atoms with E-state index in [2.05, 4.69) is 29.2 Å². The predicted molar refractivity (Wildman–Crippen MR) is 105 cm³/mol. The summed E-state index contributed by atoms with van der Waals surface area (Å²) < 4.78 is 13.6. The number of ether oxygens (including phenoxy) is 2. The minimum Gasteiger partial charge on any atom is -0.490 e. The van der Waals surface area contributed by atoms with Crippen LogP contribution in [0.5, 0.6) is 11.8 Å². The van der Waals surface area contributed by atoms with Crippen molar-refractivity contribution in [2.75, 3.05) is 6.61 Å². The molecule has 1 aliphatic heterocycles. The third-order valence-corrected chi connectivity index (χ3v) is 5.67. The Morgan fingerprint density at radius 1 is 1.19 bits per heavy atom. The van der Waals surface area contributed by atoms with Gasteiger partial charge >= 0.3 is 0 Å². The zero-order valence-corrected chi connectivity index (χ0v) is 16.2. The van der Waals surface area contributed by atoms with Gasteiger partial charge in [0.25, 0.3) is 11.6 Å². The Labute approximate surface area is 160 Å². The smallest absolute Gasteiger partial charge is 0.300 e. The molecule has 0 N–H and O–H groups in total. The Bertz CT molecular complexity index is 836. The quantitative estimate of drug-likeness (QED) is 0.791. The van der Waals surface area contributed by atoms with Crippen molar-refractivity contribution in [1.29, 1.82) is 0 Å². The SMILES string of the molecule is CC(C)c1cn2c(nc1=O)O[C@H](COc1ccc(C3CCCCC3)cc1)C2. The monoisotopic (exact) mass is 368 g/mol. The highest BCUT2D eigenvalue weighted by Crippen LogP contribution is 2.33. The average Bonchev–Trinajstić information content (AvgIpc) is 3.08. The van der Waals surface area contributed by atoms with Gasteiger partial charge in [-0.1, -0.05) is 45.2 Å². The molecule has 2 aromatic rings. The first-order valence-electron chi connectivity index (χ1n) is 10.1. The molecule has 4 rings (SSSR count). The van der Waals surface area contributed by atoms with Crippen molar-refractivity contribution in [2.24, 2.45) is 0 Å². The molecule has 1 aromatic carbocycles. The fourth-order valence-electron chi connectivity index (χ4n) is 4.07. The zero-order chi connectivity index (χ0) is 18.8. The van der Waals surface area contributed by atoms with Gasteiger partial charge in [0.05, 0.1) is 6.54 Å². The third kappa shape index (κ3) is 4.02. The standard InChI is InChI=1S/C22H28N2O3/c1-15(2)20-13-24-12-19(27-22(24)23-21(20)25)14-26-18-10-8-17(9-11-18)16-6-4-3-5-7-16/h8-11,13,15-16,19H,3-7,12,14H2,1-2H3/t19-/m0/s1. The average molecular weight is 368 g/mol. The van der Waals surface area contributed by atoms with Crippen molar-refractivity contribution in [3.05, 3.63) is 51.9 Å². The second-order valence-electron chi connectivity index (χ2n) is 8.05. The maximum atomic E-state index is 12.0. The van der Waals surface area contributed by atoms with Crippen LogP contribution in [0.4, 0.5) is 0 Å². The summed E-state index contributed by atoms with van der Waals surface area (Å²) in [6, 6.07) is 8.91. The molecule has 0 radical (unpaired) electrons. The van der Waals surface area contributed by atoms with E-state index in [9.17, 15) is 4.79 Å². The lowest BCUT2D eigenvalue weighted by Crippen LogP contribution is -2.23. The van der Waals surface area contributed by atoms with E-state index in [1.54, 1.807) is 0 Å². The molecule has 1 aliphatic carbocycles. The first kappa shape index (κ1) is 18.1. The number of aromatic nitrogens is 2. The molecule has 1 aromatic heterocycles. The molecule has 1 fully saturated rings. The van der Waals surface area contributed by atoms with E-state index in [1.807, 2.05) is 24.6 Å². The van der Waals surface area contributed by atoms with Crippen LogP contribution in [0.25, 0.3) is 0 Å². The number of nitrogens with zero attached hydrogens (tertiary/aromatic N) is 2. The van der Waals surface area contributed by atoms with Gasteiger partial charge in [-0.2, -0.15) is 4.98 Å². The molecular formula is C22H28N2O3. The van der Waals surface area contributed by atoms with Gasteiger partial charge in [-0.15, -0.1) is 0 Å². The van der Waals surface area contributed by atoms with E-state index in [0.29, 0.717) is 25.1 Å². The molecule has 27 heavy (non-hydrogen) atoms. The maximum absolute atomic E-state index is 12.0. The van der Waals surface area contributed by atoms with Gasteiger partial charge in [-0.05, 0) is 42.4 Å². The molecule has 0 unspecified atom stereocenters. The predicted octanol–water partition coefficient (Wildman–Crippen LogP) is 4.25. The summed E-state index contributed by atoms with van der Waals surface area (Å²) >= 11 is 0. The molecule has 0 spiro atoms. The number of hydrogen-bond acceptors (Lipinski definition) is 4. The number of fused-ring (bicyclic) bond motifs is 1. The van der Waals surface area contributed by atoms with Crippen molar-refractivity contribution in [3.8, 4) is 11.8 Å². The summed E-state index contributed by atoms with van der Waals surface area (Å²) in [5.74, 6) is 1.72. The highest BCUT2D eigenvalue weighted by molar-refractivity contribution is 5.29. The lowest BCUT2D eigenvalue weighted by molar-refractivity contribution is 0.143. The molecule has 5 heteroatoms. The van der Waals surface area contributed by atoms with Gasteiger partial charge in [0.1, 0.15) is 12.4 Å². The zero-order valence-electron chi connectivity index (χ0n) is 16.2. The highest BCUT2D eigenvalue weighted by atomic mass is 16.6. The van der Waals surface area contributed by atoms with Crippen LogP contribution in [0.15, 0.2) is 35.3 Å². The van der Waals surface area contributed by atoms with E-state index in [4.69, 9.17) is 9.47 Å². The van der Waals surface area contributed by atoms with Crippen LogP contribution in [-0.4, -0.2) is 22.3 Å². The van der Waals surface area contributed by atoms with E-state index in [1.165, 1.54) is 37.7 Å². The van der Waals surface area contributed by atoms with Gasteiger partial charge in [0.2, 0.25) is 0 Å². The Balaban J connectivity index is 1.35. The lowest BCUT2D eigenvalue weighted by atomic mass is 9.84. The fourth-order valence-corrected chi connectivity index (χ4v) is 4.07. The first-order chi connectivity index (χ1) is 13.1. The minimum absolute atomic E-state index is 0.127. The van der Waals surface area contributed by atoms with E-state index in [0.717, 1.165) is 11.3 Å². The summed E-state index contributed by atoms with van der Waals surface area (Å²) in [6.45, 7) is 5.09. The Morgan fingerprint density at radius 3 is 2.63 bits per heavy atom. The number of hydrogen-bond donors (Lipinski definition) is 0. The highest BCUT2D eigenvalue weighted by Gasteiger charge is 2.25. The topological polar surface area (TPSA) is 53.4 Å². The molecule has 0 bridgehead atoms. The number of benzene rings is 1. The normalized spacial score (nSPS) is 19.7. The Morgan fingerprint density at radius 2 is 1.93 bits per heavy atom. The van der Waals surface area contributed by atoms with Crippen molar-refractivity contribution < 1.29 is 9.47 Å². The summed E-state index contributed by atoms with van der Waals surface area (Å²) in [5, 5.41) is 0. The first-order valence-corrected chi connectivity index (χ1v) is 10.1. The second-order valence-corrected chi connectivity index (χ2v) is 8.05. The largest absolute Gasteiger partial charge is 0.490 e. The molecule has 5 nitrogen and oxygen atoms in total. The fraction of sp³-hybridized carbons (Fsp3) is 0.545. The molecule has 0 amide bonds. The Kier molecular flexibility index (Phi) is 5.19. The van der Waals surface area contributed by atoms with Crippen molar-refractivity contribution in [1.82, 2.24) is 9.55 Å². The van der Waals surface area contributed by atoms with E-state index >= 15 is 0 Å². The lowest BCUT2D eigenvalue weighted by Gasteiger charge is -2.22. The molecule has 2 heterocycles. The van der Waals surface area contributed by atoms with Gasteiger partial charge in [0.15, 0.2) is 6.10 Å². The maximum Gasteiger partial charge on any atom is 0.300 e. The molecule has 1 saturated carbocycles. The Hall–Kier alpha value is -2.30. The molecule has 0 saturated heterocycles. The second kappa shape index (κ2) is 7.75. The summed E-state index contributed by atoms with van der Waals surface area (Å²) in [7, 11) is 0. The number of rotatable bonds is 5. The van der Waals surface area contributed by atoms with Crippen LogP contribution in [0, 0.1) is 0 Å². The van der Waals surface area contributed by atoms with Gasteiger partial charge in [0, 0.05) is 11.8 Å².